The number of rotatable bonds is 6. The molecule has 0 fully saturated rings. The Morgan fingerprint density at radius 2 is 2.10 bits per heavy atom. The van der Waals surface area contributed by atoms with E-state index >= 15 is 0 Å². The molecule has 106 valence electrons. The Balaban J connectivity index is 2.27. The molecule has 1 aromatic heterocycles. The molecule has 1 atom stereocenters. The third-order valence-electron chi connectivity index (χ3n) is 3.08. The van der Waals surface area contributed by atoms with Crippen LogP contribution in [0.15, 0.2) is 42.7 Å². The van der Waals surface area contributed by atoms with Crippen LogP contribution < -0.4 is 16.0 Å². The van der Waals surface area contributed by atoms with Crippen molar-refractivity contribution in [1.82, 2.24) is 10.4 Å². The molecule has 0 aliphatic rings. The van der Waals surface area contributed by atoms with Gasteiger partial charge in [-0.25, -0.2) is 5.43 Å². The van der Waals surface area contributed by atoms with E-state index in [0.717, 1.165) is 23.3 Å². The summed E-state index contributed by atoms with van der Waals surface area (Å²) >= 11 is 0. The fourth-order valence-electron chi connectivity index (χ4n) is 2.13. The fourth-order valence-corrected chi connectivity index (χ4v) is 2.13. The Kier molecular flexibility index (Phi) is 5.09. The van der Waals surface area contributed by atoms with E-state index in [1.807, 2.05) is 18.3 Å². The van der Waals surface area contributed by atoms with Crippen LogP contribution in [-0.2, 0) is 0 Å². The number of nitrogens with two attached hydrogens (primary N) is 1. The van der Waals surface area contributed by atoms with Gasteiger partial charge in [0.25, 0.3) is 0 Å². The van der Waals surface area contributed by atoms with Gasteiger partial charge in [0.1, 0.15) is 5.75 Å². The maximum Gasteiger partial charge on any atom is 0.137 e. The maximum atomic E-state index is 5.72. The van der Waals surface area contributed by atoms with Crippen molar-refractivity contribution < 1.29 is 4.74 Å². The molecule has 0 amide bonds. The van der Waals surface area contributed by atoms with Crippen LogP contribution >= 0.6 is 0 Å². The first-order valence-corrected chi connectivity index (χ1v) is 6.85. The normalized spacial score (nSPS) is 12.2. The lowest BCUT2D eigenvalue weighted by Gasteiger charge is -2.18. The molecule has 1 unspecified atom stereocenters. The molecule has 2 rings (SSSR count). The van der Waals surface area contributed by atoms with E-state index < -0.39 is 0 Å². The maximum absolute atomic E-state index is 5.72. The molecule has 0 aliphatic carbocycles. The molecule has 1 heterocycles. The van der Waals surface area contributed by atoms with Crippen molar-refractivity contribution in [1.29, 1.82) is 0 Å². The summed E-state index contributed by atoms with van der Waals surface area (Å²) < 4.78 is 5.62. The van der Waals surface area contributed by atoms with E-state index in [1.165, 1.54) is 5.56 Å². The van der Waals surface area contributed by atoms with Gasteiger partial charge in [-0.1, -0.05) is 36.8 Å². The number of hydrogen-bond acceptors (Lipinski definition) is 4. The van der Waals surface area contributed by atoms with Gasteiger partial charge in [-0.3, -0.25) is 10.8 Å². The first-order chi connectivity index (χ1) is 9.74. The molecule has 3 N–H and O–H groups in total. The van der Waals surface area contributed by atoms with Crippen molar-refractivity contribution in [3.05, 3.63) is 59.4 Å². The molecular weight excluding hydrogens is 250 g/mol. The van der Waals surface area contributed by atoms with Crippen molar-refractivity contribution in [2.45, 2.75) is 26.3 Å². The number of aromatic nitrogens is 1. The van der Waals surface area contributed by atoms with Crippen LogP contribution in [0.5, 0.6) is 5.75 Å². The summed E-state index contributed by atoms with van der Waals surface area (Å²) in [4.78, 5) is 4.23. The molecule has 0 aliphatic heterocycles. The summed E-state index contributed by atoms with van der Waals surface area (Å²) in [5.41, 5.74) is 6.16. The zero-order valence-corrected chi connectivity index (χ0v) is 12.0. The summed E-state index contributed by atoms with van der Waals surface area (Å²) in [7, 11) is 0. The monoisotopic (exact) mass is 271 g/mol. The molecule has 20 heavy (non-hydrogen) atoms. The van der Waals surface area contributed by atoms with Crippen LogP contribution in [0.4, 0.5) is 0 Å². The topological polar surface area (TPSA) is 60.2 Å². The second kappa shape index (κ2) is 7.03. The number of ether oxygens (including phenoxy) is 1. The van der Waals surface area contributed by atoms with Gasteiger partial charge in [-0.15, -0.1) is 0 Å². The lowest BCUT2D eigenvalue weighted by Crippen LogP contribution is -2.29. The Bertz CT molecular complexity index is 557. The van der Waals surface area contributed by atoms with Gasteiger partial charge < -0.3 is 4.74 Å². The summed E-state index contributed by atoms with van der Waals surface area (Å²) in [6.45, 7) is 4.83. The van der Waals surface area contributed by atoms with Crippen LogP contribution in [0.1, 0.15) is 36.1 Å². The molecule has 1 aromatic carbocycles. The predicted molar refractivity (Wildman–Crippen MR) is 80.4 cm³/mol. The molecule has 0 spiro atoms. The molecule has 4 heteroatoms. The van der Waals surface area contributed by atoms with Gasteiger partial charge in [0.05, 0.1) is 18.8 Å². The third kappa shape index (κ3) is 3.56. The molecule has 0 saturated carbocycles. The van der Waals surface area contributed by atoms with Crippen LogP contribution in [0.3, 0.4) is 0 Å². The summed E-state index contributed by atoms with van der Waals surface area (Å²) in [5.74, 6) is 6.49. The Morgan fingerprint density at radius 1 is 1.25 bits per heavy atom. The minimum Gasteiger partial charge on any atom is -0.492 e. The highest BCUT2D eigenvalue weighted by Crippen LogP contribution is 2.24. The predicted octanol–water partition coefficient (Wildman–Crippen LogP) is 2.73. The van der Waals surface area contributed by atoms with Crippen LogP contribution in [0.2, 0.25) is 0 Å². The fraction of sp³-hybridized carbons (Fsp3) is 0.312. The smallest absolute Gasteiger partial charge is 0.137 e. The number of nitrogens with zero attached hydrogens (tertiary/aromatic N) is 1. The first-order valence-electron chi connectivity index (χ1n) is 6.85. The number of benzene rings is 1. The molecule has 4 nitrogen and oxygen atoms in total. The largest absolute Gasteiger partial charge is 0.492 e. The SMILES string of the molecule is CCCOc1cncc(C(NN)c2cccc(C)c2)c1. The van der Waals surface area contributed by atoms with E-state index in [2.05, 4.69) is 42.5 Å². The van der Waals surface area contributed by atoms with Gasteiger partial charge in [0.2, 0.25) is 0 Å². The second-order valence-electron chi connectivity index (χ2n) is 4.82. The number of hydrazine groups is 1. The Hall–Kier alpha value is -1.91. The summed E-state index contributed by atoms with van der Waals surface area (Å²) in [5, 5.41) is 0. The van der Waals surface area contributed by atoms with E-state index in [0.29, 0.717) is 6.61 Å². The van der Waals surface area contributed by atoms with E-state index in [4.69, 9.17) is 10.6 Å². The van der Waals surface area contributed by atoms with E-state index in [1.54, 1.807) is 6.20 Å². The zero-order valence-electron chi connectivity index (χ0n) is 12.0. The van der Waals surface area contributed by atoms with Gasteiger partial charge in [-0.2, -0.15) is 0 Å². The minimum absolute atomic E-state index is 0.0902. The lowest BCUT2D eigenvalue weighted by molar-refractivity contribution is 0.315. The van der Waals surface area contributed by atoms with E-state index in [-0.39, 0.29) is 6.04 Å². The molecule has 0 bridgehead atoms. The van der Waals surface area contributed by atoms with Crippen molar-refractivity contribution in [3.8, 4) is 5.75 Å². The van der Waals surface area contributed by atoms with Crippen LogP contribution in [0, 0.1) is 6.92 Å². The van der Waals surface area contributed by atoms with Gasteiger partial charge in [-0.05, 0) is 30.5 Å². The first kappa shape index (κ1) is 14.5. The average molecular weight is 271 g/mol. The molecular formula is C16H21N3O. The minimum atomic E-state index is -0.0902. The van der Waals surface area contributed by atoms with Gasteiger partial charge >= 0.3 is 0 Å². The average Bonchev–Trinajstić information content (AvgIpc) is 2.46. The summed E-state index contributed by atoms with van der Waals surface area (Å²) in [6.07, 6.45) is 4.51. The highest BCUT2D eigenvalue weighted by Gasteiger charge is 2.13. The molecule has 0 saturated heterocycles. The van der Waals surface area contributed by atoms with Crippen molar-refractivity contribution in [2.24, 2.45) is 5.84 Å². The summed E-state index contributed by atoms with van der Waals surface area (Å²) in [6, 6.07) is 10.2. The zero-order chi connectivity index (χ0) is 14.4. The van der Waals surface area contributed by atoms with Crippen LogP contribution in [-0.4, -0.2) is 11.6 Å². The van der Waals surface area contributed by atoms with Gasteiger partial charge in [0, 0.05) is 6.20 Å². The molecule has 0 radical (unpaired) electrons. The second-order valence-corrected chi connectivity index (χ2v) is 4.82. The van der Waals surface area contributed by atoms with Crippen molar-refractivity contribution in [3.63, 3.8) is 0 Å². The van der Waals surface area contributed by atoms with Crippen molar-refractivity contribution >= 4 is 0 Å². The lowest BCUT2D eigenvalue weighted by atomic mass is 9.99. The highest BCUT2D eigenvalue weighted by atomic mass is 16.5. The van der Waals surface area contributed by atoms with Gasteiger partial charge in [0.15, 0.2) is 0 Å². The highest BCUT2D eigenvalue weighted by molar-refractivity contribution is 5.35. The number of hydrogen-bond donors (Lipinski definition) is 2. The molecule has 2 aromatic rings. The number of aryl methyl sites for hydroxylation is 1. The quantitative estimate of drug-likeness (QED) is 0.626. The van der Waals surface area contributed by atoms with Crippen molar-refractivity contribution in [2.75, 3.05) is 6.61 Å². The number of nitrogens with one attached hydrogen (secondary N) is 1. The Morgan fingerprint density at radius 3 is 2.80 bits per heavy atom. The Labute approximate surface area is 120 Å². The van der Waals surface area contributed by atoms with E-state index in [9.17, 15) is 0 Å². The van der Waals surface area contributed by atoms with Crippen LogP contribution in [0.25, 0.3) is 0 Å². The number of pyridine rings is 1. The third-order valence-corrected chi connectivity index (χ3v) is 3.08. The standard InChI is InChI=1S/C16H21N3O/c1-3-7-20-15-9-14(10-18-11-15)16(19-17)13-6-4-5-12(2)8-13/h4-6,8-11,16,19H,3,7,17H2,1-2H3.